The molecule has 1 aromatic rings. The second kappa shape index (κ2) is 7.27. The zero-order valence-electron chi connectivity index (χ0n) is 14.6. The van der Waals surface area contributed by atoms with Crippen molar-refractivity contribution in [3.8, 4) is 12.3 Å². The SMILES string of the molecule is C#CCC(NC(=O)OC(C)(C)C)C(=O)ON1C(=O)c2ccccc2C1=O. The van der Waals surface area contributed by atoms with Crippen LogP contribution in [0.2, 0.25) is 0 Å². The van der Waals surface area contributed by atoms with E-state index in [1.165, 1.54) is 12.1 Å². The van der Waals surface area contributed by atoms with Crippen LogP contribution in [0.15, 0.2) is 24.3 Å². The lowest BCUT2D eigenvalue weighted by atomic mass is 10.1. The quantitative estimate of drug-likeness (QED) is 0.649. The fraction of sp³-hybridized carbons (Fsp3) is 0.333. The number of ether oxygens (including phenoxy) is 1. The third-order valence-electron chi connectivity index (χ3n) is 3.24. The zero-order valence-corrected chi connectivity index (χ0v) is 14.6. The Hall–Kier alpha value is -3.34. The number of amides is 3. The van der Waals surface area contributed by atoms with E-state index in [-0.39, 0.29) is 17.5 Å². The first-order chi connectivity index (χ1) is 12.1. The number of carbonyl (C=O) groups excluding carboxylic acids is 4. The number of terminal acetylenes is 1. The predicted molar refractivity (Wildman–Crippen MR) is 89.6 cm³/mol. The van der Waals surface area contributed by atoms with E-state index >= 15 is 0 Å². The number of imide groups is 1. The van der Waals surface area contributed by atoms with Crippen LogP contribution >= 0.6 is 0 Å². The fourth-order valence-corrected chi connectivity index (χ4v) is 2.16. The molecule has 136 valence electrons. The number of hydroxylamine groups is 2. The molecule has 3 amide bonds. The van der Waals surface area contributed by atoms with E-state index < -0.39 is 35.5 Å². The highest BCUT2D eigenvalue weighted by Crippen LogP contribution is 2.23. The van der Waals surface area contributed by atoms with E-state index in [0.29, 0.717) is 5.06 Å². The van der Waals surface area contributed by atoms with Gasteiger partial charge in [0.25, 0.3) is 11.8 Å². The smallest absolute Gasteiger partial charge is 0.408 e. The van der Waals surface area contributed by atoms with Crippen LogP contribution < -0.4 is 5.32 Å². The molecule has 0 aromatic heterocycles. The van der Waals surface area contributed by atoms with E-state index in [2.05, 4.69) is 11.2 Å². The molecule has 1 aliphatic rings. The van der Waals surface area contributed by atoms with Crippen molar-refractivity contribution in [1.29, 1.82) is 0 Å². The Morgan fingerprint density at radius 2 is 1.73 bits per heavy atom. The summed E-state index contributed by atoms with van der Waals surface area (Å²) in [6.45, 7) is 4.96. The summed E-state index contributed by atoms with van der Waals surface area (Å²) in [5.74, 6) is -0.366. The molecule has 1 unspecified atom stereocenters. The Labute approximate surface area is 150 Å². The van der Waals surface area contributed by atoms with Crippen molar-refractivity contribution in [1.82, 2.24) is 10.4 Å². The highest BCUT2D eigenvalue weighted by molar-refractivity contribution is 6.20. The van der Waals surface area contributed by atoms with E-state index in [1.54, 1.807) is 32.9 Å². The van der Waals surface area contributed by atoms with Crippen LogP contribution in [0.25, 0.3) is 0 Å². The molecule has 0 aliphatic carbocycles. The van der Waals surface area contributed by atoms with E-state index in [1.807, 2.05) is 0 Å². The van der Waals surface area contributed by atoms with Gasteiger partial charge >= 0.3 is 12.1 Å². The van der Waals surface area contributed by atoms with E-state index in [4.69, 9.17) is 16.0 Å². The average Bonchev–Trinajstić information content (AvgIpc) is 2.78. The number of hydrogen-bond donors (Lipinski definition) is 1. The molecule has 0 saturated carbocycles. The third-order valence-corrected chi connectivity index (χ3v) is 3.24. The van der Waals surface area contributed by atoms with Gasteiger partial charge in [-0.3, -0.25) is 9.59 Å². The molecule has 1 heterocycles. The first kappa shape index (κ1) is 19.0. The number of alkyl carbamates (subject to hydrolysis) is 1. The summed E-state index contributed by atoms with van der Waals surface area (Å²) in [5.41, 5.74) is -0.533. The van der Waals surface area contributed by atoms with Gasteiger partial charge in [-0.15, -0.1) is 12.3 Å². The Balaban J connectivity index is 2.09. The lowest BCUT2D eigenvalue weighted by Gasteiger charge is -2.22. The number of carbonyl (C=O) groups is 4. The Morgan fingerprint density at radius 1 is 1.19 bits per heavy atom. The molecule has 1 aromatic carbocycles. The van der Waals surface area contributed by atoms with Gasteiger partial charge in [0.05, 0.1) is 11.1 Å². The highest BCUT2D eigenvalue weighted by atomic mass is 16.7. The van der Waals surface area contributed by atoms with Crippen LogP contribution in [0.4, 0.5) is 4.79 Å². The summed E-state index contributed by atoms with van der Waals surface area (Å²) in [5, 5.41) is 2.63. The van der Waals surface area contributed by atoms with Crippen molar-refractivity contribution in [2.75, 3.05) is 0 Å². The van der Waals surface area contributed by atoms with Gasteiger partial charge in [-0.25, -0.2) is 9.59 Å². The monoisotopic (exact) mass is 358 g/mol. The normalized spacial score (nSPS) is 14.3. The van der Waals surface area contributed by atoms with Gasteiger partial charge in [-0.1, -0.05) is 17.2 Å². The van der Waals surface area contributed by atoms with Crippen molar-refractivity contribution in [3.05, 3.63) is 35.4 Å². The summed E-state index contributed by atoms with van der Waals surface area (Å²) in [6.07, 6.45) is 4.12. The van der Waals surface area contributed by atoms with Crippen molar-refractivity contribution in [2.24, 2.45) is 0 Å². The van der Waals surface area contributed by atoms with Gasteiger partial charge in [0, 0.05) is 6.42 Å². The standard InChI is InChI=1S/C18H18N2O6/c1-5-8-13(19-17(24)25-18(2,3)4)16(23)26-20-14(21)11-9-6-7-10-12(11)15(20)22/h1,6-7,9-10,13H,8H2,2-4H3,(H,19,24). The maximum absolute atomic E-state index is 12.3. The first-order valence-corrected chi connectivity index (χ1v) is 7.76. The van der Waals surface area contributed by atoms with Crippen molar-refractivity contribution >= 4 is 23.9 Å². The average molecular weight is 358 g/mol. The summed E-state index contributed by atoms with van der Waals surface area (Å²) < 4.78 is 5.05. The number of hydrogen-bond acceptors (Lipinski definition) is 6. The minimum atomic E-state index is -1.28. The molecule has 2 rings (SSSR count). The predicted octanol–water partition coefficient (Wildman–Crippen LogP) is 1.66. The lowest BCUT2D eigenvalue weighted by molar-refractivity contribution is -0.170. The van der Waals surface area contributed by atoms with Crippen LogP contribution in [-0.2, 0) is 14.4 Å². The lowest BCUT2D eigenvalue weighted by Crippen LogP contribution is -2.46. The molecule has 1 aliphatic heterocycles. The molecule has 8 nitrogen and oxygen atoms in total. The molecule has 0 bridgehead atoms. The first-order valence-electron chi connectivity index (χ1n) is 7.76. The zero-order chi connectivity index (χ0) is 19.5. The molecule has 26 heavy (non-hydrogen) atoms. The van der Waals surface area contributed by atoms with Crippen molar-refractivity contribution in [3.63, 3.8) is 0 Å². The van der Waals surface area contributed by atoms with Gasteiger partial charge < -0.3 is 14.9 Å². The molecule has 1 N–H and O–H groups in total. The van der Waals surface area contributed by atoms with Gasteiger partial charge in [0.1, 0.15) is 11.6 Å². The number of nitrogens with one attached hydrogen (secondary N) is 1. The molecular formula is C18H18N2O6. The molecule has 0 saturated heterocycles. The van der Waals surface area contributed by atoms with Gasteiger partial charge in [-0.2, -0.15) is 0 Å². The van der Waals surface area contributed by atoms with Crippen molar-refractivity contribution < 1.29 is 28.8 Å². The summed E-state index contributed by atoms with van der Waals surface area (Å²) in [4.78, 5) is 53.4. The largest absolute Gasteiger partial charge is 0.444 e. The summed E-state index contributed by atoms with van der Waals surface area (Å²) in [6, 6.07) is 4.78. The van der Waals surface area contributed by atoms with Crippen LogP contribution in [0, 0.1) is 12.3 Å². The maximum atomic E-state index is 12.3. The molecule has 8 heteroatoms. The minimum Gasteiger partial charge on any atom is -0.444 e. The van der Waals surface area contributed by atoms with Crippen LogP contribution in [0.5, 0.6) is 0 Å². The summed E-state index contributed by atoms with van der Waals surface area (Å²) >= 11 is 0. The molecule has 0 radical (unpaired) electrons. The number of nitrogens with zero attached hydrogens (tertiary/aromatic N) is 1. The van der Waals surface area contributed by atoms with Crippen molar-refractivity contribution in [2.45, 2.75) is 38.8 Å². The Kier molecular flexibility index (Phi) is 5.31. The highest BCUT2D eigenvalue weighted by Gasteiger charge is 2.40. The molecule has 0 fully saturated rings. The van der Waals surface area contributed by atoms with E-state index in [9.17, 15) is 19.2 Å². The van der Waals surface area contributed by atoms with E-state index in [0.717, 1.165) is 0 Å². The number of fused-ring (bicyclic) bond motifs is 1. The second-order valence-electron chi connectivity index (χ2n) is 6.47. The van der Waals surface area contributed by atoms with Crippen LogP contribution in [0.3, 0.4) is 0 Å². The Morgan fingerprint density at radius 3 is 2.19 bits per heavy atom. The topological polar surface area (TPSA) is 102 Å². The fourth-order valence-electron chi connectivity index (χ4n) is 2.16. The third kappa shape index (κ3) is 4.19. The van der Waals surface area contributed by atoms with Gasteiger partial charge in [-0.05, 0) is 32.9 Å². The van der Waals surface area contributed by atoms with Crippen LogP contribution in [0.1, 0.15) is 47.9 Å². The van der Waals surface area contributed by atoms with Gasteiger partial charge in [0.15, 0.2) is 0 Å². The molecule has 1 atom stereocenters. The molecule has 0 spiro atoms. The maximum Gasteiger partial charge on any atom is 0.408 e. The summed E-state index contributed by atoms with van der Waals surface area (Å²) in [7, 11) is 0. The number of benzene rings is 1. The molecular weight excluding hydrogens is 340 g/mol. The minimum absolute atomic E-state index is 0.124. The van der Waals surface area contributed by atoms with Crippen LogP contribution in [-0.4, -0.2) is 40.6 Å². The second-order valence-corrected chi connectivity index (χ2v) is 6.47. The Bertz CT molecular complexity index is 768. The van der Waals surface area contributed by atoms with Gasteiger partial charge in [0.2, 0.25) is 0 Å². The number of rotatable bonds is 4.